The number of benzene rings is 1. The molecule has 0 spiro atoms. The van der Waals surface area contributed by atoms with Gasteiger partial charge in [0.25, 0.3) is 0 Å². The van der Waals surface area contributed by atoms with Crippen LogP contribution in [0.1, 0.15) is 12.5 Å². The maximum Gasteiger partial charge on any atom is 0.0702 e. The second-order valence-electron chi connectivity index (χ2n) is 5.33. The third-order valence-electron chi connectivity index (χ3n) is 3.24. The Morgan fingerprint density at radius 2 is 2.18 bits per heavy atom. The van der Waals surface area contributed by atoms with Crippen LogP contribution < -0.4 is 5.73 Å². The van der Waals surface area contributed by atoms with E-state index in [-0.39, 0.29) is 5.54 Å². The molecule has 17 heavy (non-hydrogen) atoms. The predicted octanol–water partition coefficient (Wildman–Crippen LogP) is 1.77. The summed E-state index contributed by atoms with van der Waals surface area (Å²) in [5.41, 5.74) is 8.41. The fourth-order valence-corrected chi connectivity index (χ4v) is 2.57. The van der Waals surface area contributed by atoms with Crippen molar-refractivity contribution < 1.29 is 0 Å². The lowest BCUT2D eigenvalue weighted by Crippen LogP contribution is -2.64. The SMILES string of the molecule is CC1(N)CN(Cc2ccc3ncccc3c2)C1. The van der Waals surface area contributed by atoms with Gasteiger partial charge in [-0.1, -0.05) is 12.1 Å². The molecule has 88 valence electrons. The highest BCUT2D eigenvalue weighted by atomic mass is 15.2. The van der Waals surface area contributed by atoms with E-state index in [1.165, 1.54) is 10.9 Å². The van der Waals surface area contributed by atoms with Crippen molar-refractivity contribution in [3.05, 3.63) is 42.1 Å². The number of hydrogen-bond acceptors (Lipinski definition) is 3. The first kappa shape index (κ1) is 10.7. The van der Waals surface area contributed by atoms with Crippen molar-refractivity contribution in [2.75, 3.05) is 13.1 Å². The van der Waals surface area contributed by atoms with Crippen LogP contribution in [0.25, 0.3) is 10.9 Å². The van der Waals surface area contributed by atoms with Crippen LogP contribution in [-0.2, 0) is 6.54 Å². The predicted molar refractivity (Wildman–Crippen MR) is 69.6 cm³/mol. The summed E-state index contributed by atoms with van der Waals surface area (Å²) in [4.78, 5) is 6.70. The Kier molecular flexibility index (Phi) is 2.38. The monoisotopic (exact) mass is 227 g/mol. The summed E-state index contributed by atoms with van der Waals surface area (Å²) < 4.78 is 0. The molecule has 0 bridgehead atoms. The molecule has 3 nitrogen and oxygen atoms in total. The van der Waals surface area contributed by atoms with E-state index in [2.05, 4.69) is 41.1 Å². The van der Waals surface area contributed by atoms with Crippen LogP contribution in [0.3, 0.4) is 0 Å². The Hall–Kier alpha value is -1.45. The molecule has 0 radical (unpaired) electrons. The molecule has 0 saturated carbocycles. The molecule has 0 unspecified atom stereocenters. The van der Waals surface area contributed by atoms with Crippen molar-refractivity contribution in [2.24, 2.45) is 5.73 Å². The van der Waals surface area contributed by atoms with E-state index < -0.39 is 0 Å². The summed E-state index contributed by atoms with van der Waals surface area (Å²) in [5.74, 6) is 0. The lowest BCUT2D eigenvalue weighted by atomic mass is 9.93. The molecule has 1 aromatic carbocycles. The summed E-state index contributed by atoms with van der Waals surface area (Å²) in [6.45, 7) is 5.06. The zero-order chi connectivity index (χ0) is 11.9. The van der Waals surface area contributed by atoms with Gasteiger partial charge in [-0.25, -0.2) is 0 Å². The molecular formula is C14H17N3. The minimum atomic E-state index is 0.0123. The topological polar surface area (TPSA) is 42.1 Å². The van der Waals surface area contributed by atoms with Crippen LogP contribution in [0.5, 0.6) is 0 Å². The van der Waals surface area contributed by atoms with E-state index in [9.17, 15) is 0 Å². The summed E-state index contributed by atoms with van der Waals surface area (Å²) in [6.07, 6.45) is 1.83. The summed E-state index contributed by atoms with van der Waals surface area (Å²) in [5, 5.41) is 1.21. The molecule has 1 saturated heterocycles. The average molecular weight is 227 g/mol. The van der Waals surface area contributed by atoms with Crippen LogP contribution in [0.4, 0.5) is 0 Å². The second kappa shape index (κ2) is 3.79. The Labute approximate surface area is 101 Å². The van der Waals surface area contributed by atoms with Gasteiger partial charge in [-0.2, -0.15) is 0 Å². The normalized spacial score (nSPS) is 19.2. The first-order valence-electron chi connectivity index (χ1n) is 5.97. The smallest absolute Gasteiger partial charge is 0.0702 e. The number of fused-ring (bicyclic) bond motifs is 1. The van der Waals surface area contributed by atoms with Crippen LogP contribution in [0.2, 0.25) is 0 Å². The first-order valence-corrected chi connectivity index (χ1v) is 5.97. The van der Waals surface area contributed by atoms with Crippen LogP contribution in [0.15, 0.2) is 36.5 Å². The van der Waals surface area contributed by atoms with Gasteiger partial charge in [0.1, 0.15) is 0 Å². The molecule has 0 aliphatic carbocycles. The van der Waals surface area contributed by atoms with Crippen LogP contribution in [-0.4, -0.2) is 28.5 Å². The zero-order valence-electron chi connectivity index (χ0n) is 10.1. The molecule has 1 aliphatic rings. The first-order chi connectivity index (χ1) is 8.12. The Balaban J connectivity index is 1.78. The Morgan fingerprint density at radius 1 is 1.35 bits per heavy atom. The highest BCUT2D eigenvalue weighted by Crippen LogP contribution is 2.21. The maximum absolute atomic E-state index is 6.00. The molecule has 1 aliphatic heterocycles. The van der Waals surface area contributed by atoms with Gasteiger partial charge in [0.2, 0.25) is 0 Å². The summed E-state index contributed by atoms with van der Waals surface area (Å²) in [6, 6.07) is 10.5. The number of rotatable bonds is 2. The van der Waals surface area contributed by atoms with E-state index in [0.29, 0.717) is 0 Å². The van der Waals surface area contributed by atoms with E-state index in [4.69, 9.17) is 5.73 Å². The standard InChI is InChI=1S/C14H17N3/c1-14(15)9-17(10-14)8-11-4-5-13-12(7-11)3-2-6-16-13/h2-7H,8-10,15H2,1H3. The minimum Gasteiger partial charge on any atom is -0.323 e. The fraction of sp³-hybridized carbons (Fsp3) is 0.357. The van der Waals surface area contributed by atoms with Gasteiger partial charge in [-0.15, -0.1) is 0 Å². The fourth-order valence-electron chi connectivity index (χ4n) is 2.57. The molecule has 0 amide bonds. The second-order valence-corrected chi connectivity index (χ2v) is 5.33. The molecule has 2 aromatic rings. The van der Waals surface area contributed by atoms with Crippen molar-refractivity contribution in [2.45, 2.75) is 19.0 Å². The van der Waals surface area contributed by atoms with E-state index in [0.717, 1.165) is 25.2 Å². The van der Waals surface area contributed by atoms with Gasteiger partial charge in [0.05, 0.1) is 5.52 Å². The van der Waals surface area contributed by atoms with Gasteiger partial charge >= 0.3 is 0 Å². The summed E-state index contributed by atoms with van der Waals surface area (Å²) in [7, 11) is 0. The van der Waals surface area contributed by atoms with Gasteiger partial charge in [-0.05, 0) is 30.7 Å². The number of hydrogen-bond donors (Lipinski definition) is 1. The number of pyridine rings is 1. The van der Waals surface area contributed by atoms with Crippen molar-refractivity contribution in [3.63, 3.8) is 0 Å². The van der Waals surface area contributed by atoms with Gasteiger partial charge in [0, 0.05) is 36.8 Å². The molecule has 1 fully saturated rings. The largest absolute Gasteiger partial charge is 0.323 e. The minimum absolute atomic E-state index is 0.0123. The molecule has 0 atom stereocenters. The molecular weight excluding hydrogens is 210 g/mol. The number of likely N-dealkylation sites (tertiary alicyclic amines) is 1. The zero-order valence-corrected chi connectivity index (χ0v) is 10.1. The van der Waals surface area contributed by atoms with Crippen molar-refractivity contribution in [1.29, 1.82) is 0 Å². The molecule has 2 heterocycles. The lowest BCUT2D eigenvalue weighted by molar-refractivity contribution is 0.0764. The Bertz CT molecular complexity index is 540. The van der Waals surface area contributed by atoms with Gasteiger partial charge in [0.15, 0.2) is 0 Å². The third kappa shape index (κ3) is 2.16. The van der Waals surface area contributed by atoms with E-state index in [1.54, 1.807) is 0 Å². The lowest BCUT2D eigenvalue weighted by Gasteiger charge is -2.45. The molecule has 1 aromatic heterocycles. The van der Waals surface area contributed by atoms with E-state index in [1.807, 2.05) is 12.3 Å². The van der Waals surface area contributed by atoms with Crippen molar-refractivity contribution in [1.82, 2.24) is 9.88 Å². The third-order valence-corrected chi connectivity index (χ3v) is 3.24. The van der Waals surface area contributed by atoms with E-state index >= 15 is 0 Å². The maximum atomic E-state index is 6.00. The van der Waals surface area contributed by atoms with Crippen molar-refractivity contribution >= 4 is 10.9 Å². The number of nitrogens with zero attached hydrogens (tertiary/aromatic N) is 2. The van der Waals surface area contributed by atoms with Gasteiger partial charge in [-0.3, -0.25) is 9.88 Å². The van der Waals surface area contributed by atoms with Crippen LogP contribution >= 0.6 is 0 Å². The molecule has 2 N–H and O–H groups in total. The Morgan fingerprint density at radius 3 is 2.94 bits per heavy atom. The quantitative estimate of drug-likeness (QED) is 0.850. The molecule has 3 rings (SSSR count). The van der Waals surface area contributed by atoms with Crippen LogP contribution in [0, 0.1) is 0 Å². The number of nitrogens with two attached hydrogens (primary N) is 1. The highest BCUT2D eigenvalue weighted by molar-refractivity contribution is 5.78. The average Bonchev–Trinajstić information content (AvgIpc) is 2.26. The molecule has 3 heteroatoms. The number of aromatic nitrogens is 1. The summed E-state index contributed by atoms with van der Waals surface area (Å²) >= 11 is 0. The van der Waals surface area contributed by atoms with Gasteiger partial charge < -0.3 is 5.73 Å². The van der Waals surface area contributed by atoms with Crippen molar-refractivity contribution in [3.8, 4) is 0 Å². The highest BCUT2D eigenvalue weighted by Gasteiger charge is 2.34.